The molecule has 0 radical (unpaired) electrons. The van der Waals surface area contributed by atoms with Gasteiger partial charge in [0.25, 0.3) is 5.91 Å². The van der Waals surface area contributed by atoms with Crippen molar-refractivity contribution in [1.82, 2.24) is 25.4 Å². The van der Waals surface area contributed by atoms with Crippen molar-refractivity contribution >= 4 is 46.1 Å². The minimum Gasteiger partial charge on any atom is -0.494 e. The summed E-state index contributed by atoms with van der Waals surface area (Å²) in [6, 6.07) is 23.1. The van der Waals surface area contributed by atoms with Crippen LogP contribution in [0.25, 0.3) is 10.9 Å². The SMILES string of the molecule is CCCc1ccccc1.CCOc1cccc(C(=O)N2CC3CN(C(=O)Cc4c[nH]c5cc(Cl)ccc45)CC(C(=O)NCC(=O)NC)C3C2)c1. The summed E-state index contributed by atoms with van der Waals surface area (Å²) in [7, 11) is 1.51. The zero-order valence-corrected chi connectivity index (χ0v) is 29.7. The van der Waals surface area contributed by atoms with Crippen molar-refractivity contribution in [2.45, 2.75) is 33.1 Å². The number of hydrogen-bond acceptors (Lipinski definition) is 5. The summed E-state index contributed by atoms with van der Waals surface area (Å²) >= 11 is 6.11. The van der Waals surface area contributed by atoms with Gasteiger partial charge in [-0.2, -0.15) is 0 Å². The van der Waals surface area contributed by atoms with E-state index in [1.54, 1.807) is 34.1 Å². The average Bonchev–Trinajstić information content (AvgIpc) is 3.74. The van der Waals surface area contributed by atoms with Gasteiger partial charge in [0.1, 0.15) is 5.75 Å². The Balaban J connectivity index is 0.000000470. The third-order valence-corrected chi connectivity index (χ3v) is 9.64. The molecule has 3 N–H and O–H groups in total. The molecule has 3 aromatic carbocycles. The Morgan fingerprint density at radius 3 is 2.44 bits per heavy atom. The molecular weight excluding hydrogens is 654 g/mol. The van der Waals surface area contributed by atoms with Gasteiger partial charge in [-0.3, -0.25) is 19.2 Å². The van der Waals surface area contributed by atoms with E-state index in [0.717, 1.165) is 16.5 Å². The summed E-state index contributed by atoms with van der Waals surface area (Å²) in [4.78, 5) is 58.9. The molecule has 3 unspecified atom stereocenters. The first kappa shape index (κ1) is 36.5. The number of halogens is 1. The number of amides is 4. The maximum Gasteiger partial charge on any atom is 0.254 e. The third-order valence-electron chi connectivity index (χ3n) is 9.40. The van der Waals surface area contributed by atoms with Crippen molar-refractivity contribution in [2.24, 2.45) is 17.8 Å². The average molecular weight is 700 g/mol. The molecule has 2 fully saturated rings. The lowest BCUT2D eigenvalue weighted by molar-refractivity contribution is -0.139. The molecule has 2 aliphatic rings. The first-order valence-corrected chi connectivity index (χ1v) is 17.7. The maximum absolute atomic E-state index is 13.6. The van der Waals surface area contributed by atoms with Crippen LogP contribution >= 0.6 is 11.6 Å². The topological polar surface area (TPSA) is 124 Å². The Bertz CT molecular complexity index is 1790. The number of nitrogens with zero attached hydrogens (tertiary/aromatic N) is 2. The molecule has 2 aliphatic heterocycles. The first-order valence-electron chi connectivity index (χ1n) is 17.3. The number of likely N-dealkylation sites (N-methyl/N-ethyl adjacent to an activating group) is 1. The number of aromatic nitrogens is 1. The van der Waals surface area contributed by atoms with Crippen LogP contribution in [0.3, 0.4) is 0 Å². The van der Waals surface area contributed by atoms with Crippen molar-refractivity contribution in [2.75, 3.05) is 46.4 Å². The molecule has 3 heterocycles. The highest BCUT2D eigenvalue weighted by Gasteiger charge is 2.47. The molecule has 11 heteroatoms. The van der Waals surface area contributed by atoms with Crippen molar-refractivity contribution in [1.29, 1.82) is 0 Å². The van der Waals surface area contributed by atoms with Gasteiger partial charge in [0.2, 0.25) is 17.7 Å². The number of fused-ring (bicyclic) bond motifs is 2. The number of aromatic amines is 1. The van der Waals surface area contributed by atoms with E-state index < -0.39 is 5.92 Å². The number of carbonyl (C=O) groups is 4. The van der Waals surface area contributed by atoms with Crippen molar-refractivity contribution in [3.05, 3.63) is 101 Å². The fourth-order valence-electron chi connectivity index (χ4n) is 6.89. The fourth-order valence-corrected chi connectivity index (χ4v) is 7.06. The molecule has 0 bridgehead atoms. The van der Waals surface area contributed by atoms with Crippen LogP contribution in [-0.2, 0) is 27.2 Å². The van der Waals surface area contributed by atoms with E-state index in [-0.39, 0.29) is 55.0 Å². The van der Waals surface area contributed by atoms with Crippen LogP contribution in [0, 0.1) is 17.8 Å². The molecule has 4 amide bonds. The Kier molecular flexibility index (Phi) is 12.5. The van der Waals surface area contributed by atoms with Gasteiger partial charge in [0.15, 0.2) is 0 Å². The summed E-state index contributed by atoms with van der Waals surface area (Å²) in [5, 5.41) is 6.75. The van der Waals surface area contributed by atoms with Gasteiger partial charge in [-0.15, -0.1) is 0 Å². The zero-order valence-electron chi connectivity index (χ0n) is 28.9. The number of piperidine rings is 1. The van der Waals surface area contributed by atoms with Crippen LogP contribution in [0.4, 0.5) is 0 Å². The van der Waals surface area contributed by atoms with Crippen LogP contribution in [-0.4, -0.2) is 84.8 Å². The van der Waals surface area contributed by atoms with Crippen molar-refractivity contribution in [3.8, 4) is 5.75 Å². The minimum absolute atomic E-state index is 0.0794. The predicted octanol–water partition coefficient (Wildman–Crippen LogP) is 5.11. The number of likely N-dealkylation sites (tertiary alicyclic amines) is 2. The number of benzene rings is 3. The lowest BCUT2D eigenvalue weighted by Gasteiger charge is -2.39. The fraction of sp³-hybridized carbons (Fsp3) is 0.385. The molecule has 6 rings (SSSR count). The summed E-state index contributed by atoms with van der Waals surface area (Å²) in [5.74, 6) is -0.999. The predicted molar refractivity (Wildman–Crippen MR) is 195 cm³/mol. The Labute approximate surface area is 298 Å². The minimum atomic E-state index is -0.559. The van der Waals surface area contributed by atoms with Gasteiger partial charge in [-0.1, -0.05) is 67.4 Å². The Morgan fingerprint density at radius 2 is 1.70 bits per heavy atom. The van der Waals surface area contributed by atoms with Gasteiger partial charge < -0.3 is 30.2 Å². The summed E-state index contributed by atoms with van der Waals surface area (Å²) in [5.41, 5.74) is 3.66. The van der Waals surface area contributed by atoms with E-state index in [1.807, 2.05) is 31.3 Å². The molecule has 10 nitrogen and oxygen atoms in total. The van der Waals surface area contributed by atoms with Crippen molar-refractivity contribution in [3.63, 3.8) is 0 Å². The first-order chi connectivity index (χ1) is 24.2. The molecule has 50 heavy (non-hydrogen) atoms. The molecule has 0 aliphatic carbocycles. The summed E-state index contributed by atoms with van der Waals surface area (Å²) in [6.07, 6.45) is 4.43. The Hall–Kier alpha value is -4.83. The molecule has 4 aromatic rings. The summed E-state index contributed by atoms with van der Waals surface area (Å²) < 4.78 is 5.56. The Morgan fingerprint density at radius 1 is 0.920 bits per heavy atom. The van der Waals surface area contributed by atoms with E-state index in [1.165, 1.54) is 25.5 Å². The normalized spacial score (nSPS) is 18.1. The quantitative estimate of drug-likeness (QED) is 0.212. The van der Waals surface area contributed by atoms with Crippen LogP contribution in [0.15, 0.2) is 79.0 Å². The van der Waals surface area contributed by atoms with Gasteiger partial charge in [-0.25, -0.2) is 0 Å². The second kappa shape index (κ2) is 17.2. The highest BCUT2D eigenvalue weighted by Crippen LogP contribution is 2.37. The molecule has 2 saturated heterocycles. The highest BCUT2D eigenvalue weighted by atomic mass is 35.5. The number of hydrogen-bond donors (Lipinski definition) is 3. The number of ether oxygens (including phenoxy) is 1. The number of nitrogens with one attached hydrogen (secondary N) is 3. The molecular formula is C39H46ClN5O5. The second-order valence-corrected chi connectivity index (χ2v) is 13.2. The number of aryl methyl sites for hydroxylation is 1. The van der Waals surface area contributed by atoms with Crippen molar-refractivity contribution < 1.29 is 23.9 Å². The second-order valence-electron chi connectivity index (χ2n) is 12.8. The van der Waals surface area contributed by atoms with E-state index in [9.17, 15) is 19.2 Å². The van der Waals surface area contributed by atoms with Gasteiger partial charge in [0, 0.05) is 60.9 Å². The van der Waals surface area contributed by atoms with Gasteiger partial charge in [-0.05, 0) is 66.6 Å². The molecule has 0 saturated carbocycles. The molecule has 0 spiro atoms. The largest absolute Gasteiger partial charge is 0.494 e. The number of rotatable bonds is 10. The van der Waals surface area contributed by atoms with E-state index >= 15 is 0 Å². The molecule has 264 valence electrons. The van der Waals surface area contributed by atoms with Crippen LogP contribution in [0.1, 0.15) is 41.8 Å². The van der Waals surface area contributed by atoms with Crippen LogP contribution in [0.5, 0.6) is 5.75 Å². The van der Waals surface area contributed by atoms with Gasteiger partial charge >= 0.3 is 0 Å². The van der Waals surface area contributed by atoms with Crippen LogP contribution < -0.4 is 15.4 Å². The maximum atomic E-state index is 13.6. The number of H-pyrrole nitrogens is 1. The lowest BCUT2D eigenvalue weighted by Crippen LogP contribution is -2.54. The molecule has 3 atom stereocenters. The number of carbonyl (C=O) groups excluding carboxylic acids is 4. The zero-order chi connectivity index (χ0) is 35.6. The molecule has 1 aromatic heterocycles. The van der Waals surface area contributed by atoms with Crippen LogP contribution in [0.2, 0.25) is 5.02 Å². The van der Waals surface area contributed by atoms with Gasteiger partial charge in [0.05, 0.1) is 25.5 Å². The summed E-state index contributed by atoms with van der Waals surface area (Å²) in [6.45, 7) is 5.91. The van der Waals surface area contributed by atoms with E-state index in [2.05, 4.69) is 52.9 Å². The smallest absolute Gasteiger partial charge is 0.254 e. The standard InChI is InChI=1S/C30H34ClN5O5.C9H12/c1-3-41-22-6-4-5-18(9-22)30(40)36-15-20-14-35(17-25(24(20)16-36)29(39)34-13-27(37)32-2)28(38)10-19-12-33-26-11-21(31)7-8-23(19)26;1-2-6-9-7-4-3-5-8-9/h4-9,11-12,20,24-25,33H,3,10,13-17H2,1-2H3,(H,32,37)(H,34,39);3-5,7-8H,2,6H2,1H3. The monoisotopic (exact) mass is 699 g/mol. The van der Waals surface area contributed by atoms with E-state index in [0.29, 0.717) is 42.6 Å². The highest BCUT2D eigenvalue weighted by molar-refractivity contribution is 6.31. The lowest BCUT2D eigenvalue weighted by atomic mass is 9.79. The van der Waals surface area contributed by atoms with E-state index in [4.69, 9.17) is 16.3 Å². The third kappa shape index (κ3) is 9.04.